The molecule has 3 aromatic rings. The summed E-state index contributed by atoms with van der Waals surface area (Å²) in [6.07, 6.45) is 1.51. The molecule has 6 nitrogen and oxygen atoms in total. The van der Waals surface area contributed by atoms with E-state index in [1.165, 1.54) is 24.5 Å². The zero-order chi connectivity index (χ0) is 19.4. The Morgan fingerprint density at radius 1 is 1.11 bits per heavy atom. The number of benzene rings is 2. The van der Waals surface area contributed by atoms with Gasteiger partial charge in [0.25, 0.3) is 15.9 Å². The highest BCUT2D eigenvalue weighted by Crippen LogP contribution is 2.26. The maximum Gasteiger partial charge on any atom is 0.263 e. The second-order valence-electron chi connectivity index (χ2n) is 5.85. The number of halogens is 1. The Hall–Kier alpha value is -2.77. The molecule has 0 unspecified atom stereocenters. The molecule has 3 rings (SSSR count). The lowest BCUT2D eigenvalue weighted by molar-refractivity contribution is 0.0949. The Balaban J connectivity index is 1.84. The zero-order valence-electron chi connectivity index (χ0n) is 14.4. The molecule has 1 amide bonds. The number of nitrogens with one attached hydrogen (secondary N) is 2. The molecule has 8 heteroatoms. The molecule has 0 radical (unpaired) electrons. The first kappa shape index (κ1) is 19.0. The molecule has 1 heterocycles. The number of furan rings is 1. The van der Waals surface area contributed by atoms with Crippen molar-refractivity contribution in [1.82, 2.24) is 5.32 Å². The van der Waals surface area contributed by atoms with E-state index < -0.39 is 15.9 Å². The summed E-state index contributed by atoms with van der Waals surface area (Å²) in [5.74, 6) is 0.160. The Labute approximate surface area is 162 Å². The van der Waals surface area contributed by atoms with Crippen molar-refractivity contribution in [2.24, 2.45) is 0 Å². The maximum absolute atomic E-state index is 12.7. The summed E-state index contributed by atoms with van der Waals surface area (Å²) in [5.41, 5.74) is 1.19. The van der Waals surface area contributed by atoms with E-state index in [2.05, 4.69) is 10.0 Å². The first-order chi connectivity index (χ1) is 12.9. The number of sulfonamides is 1. The lowest BCUT2D eigenvalue weighted by atomic mass is 10.1. The van der Waals surface area contributed by atoms with E-state index >= 15 is 0 Å². The second kappa shape index (κ2) is 7.85. The van der Waals surface area contributed by atoms with Crippen LogP contribution >= 0.6 is 11.6 Å². The second-order valence-corrected chi connectivity index (χ2v) is 7.91. The molecule has 0 aliphatic rings. The fourth-order valence-corrected chi connectivity index (χ4v) is 4.15. The fraction of sp³-hybridized carbons (Fsp3) is 0.105. The van der Waals surface area contributed by atoms with Gasteiger partial charge in [-0.3, -0.25) is 9.52 Å². The molecule has 0 saturated heterocycles. The predicted molar refractivity (Wildman–Crippen MR) is 103 cm³/mol. The van der Waals surface area contributed by atoms with Gasteiger partial charge in [0.05, 0.1) is 29.1 Å². The summed E-state index contributed by atoms with van der Waals surface area (Å²) in [4.78, 5) is 12.4. The number of rotatable bonds is 6. The van der Waals surface area contributed by atoms with Crippen molar-refractivity contribution in [3.05, 3.63) is 82.8 Å². The first-order valence-electron chi connectivity index (χ1n) is 8.05. The summed E-state index contributed by atoms with van der Waals surface area (Å²) in [7, 11) is -3.96. The molecule has 2 aromatic carbocycles. The van der Waals surface area contributed by atoms with Crippen molar-refractivity contribution in [2.75, 3.05) is 4.72 Å². The maximum atomic E-state index is 12.7. The Morgan fingerprint density at radius 2 is 1.89 bits per heavy atom. The van der Waals surface area contributed by atoms with Crippen molar-refractivity contribution in [3.63, 3.8) is 0 Å². The zero-order valence-corrected chi connectivity index (χ0v) is 16.0. The first-order valence-corrected chi connectivity index (χ1v) is 9.91. The molecule has 0 saturated carbocycles. The van der Waals surface area contributed by atoms with Gasteiger partial charge >= 0.3 is 0 Å². The summed E-state index contributed by atoms with van der Waals surface area (Å²) >= 11 is 6.08. The predicted octanol–water partition coefficient (Wildman–Crippen LogP) is 3.97. The van der Waals surface area contributed by atoms with Gasteiger partial charge in [0.2, 0.25) is 0 Å². The van der Waals surface area contributed by atoms with Gasteiger partial charge in [-0.25, -0.2) is 8.42 Å². The largest absolute Gasteiger partial charge is 0.467 e. The van der Waals surface area contributed by atoms with Crippen LogP contribution in [-0.4, -0.2) is 14.3 Å². The van der Waals surface area contributed by atoms with Crippen LogP contribution in [0.2, 0.25) is 5.02 Å². The monoisotopic (exact) mass is 404 g/mol. The smallest absolute Gasteiger partial charge is 0.263 e. The van der Waals surface area contributed by atoms with Crippen LogP contribution in [0.1, 0.15) is 21.7 Å². The third-order valence-corrected chi connectivity index (χ3v) is 5.64. The quantitative estimate of drug-likeness (QED) is 0.650. The van der Waals surface area contributed by atoms with Gasteiger partial charge in [-0.05, 0) is 48.9 Å². The van der Waals surface area contributed by atoms with Crippen LogP contribution in [0.3, 0.4) is 0 Å². The number of carbonyl (C=O) groups excluding carboxylic acids is 1. The molecule has 140 valence electrons. The Kier molecular flexibility index (Phi) is 5.53. The normalized spacial score (nSPS) is 11.2. The van der Waals surface area contributed by atoms with E-state index in [9.17, 15) is 13.2 Å². The highest BCUT2D eigenvalue weighted by Gasteiger charge is 2.21. The molecule has 0 fully saturated rings. The molecule has 0 atom stereocenters. The fourth-order valence-electron chi connectivity index (χ4n) is 2.47. The minimum atomic E-state index is -3.96. The third kappa shape index (κ3) is 4.50. The molecule has 0 bridgehead atoms. The molecule has 0 aliphatic heterocycles. The molecular weight excluding hydrogens is 388 g/mol. The molecule has 0 aliphatic carbocycles. The molecule has 2 N–H and O–H groups in total. The number of hydrogen-bond donors (Lipinski definition) is 2. The van der Waals surface area contributed by atoms with Gasteiger partial charge < -0.3 is 9.73 Å². The van der Waals surface area contributed by atoms with Gasteiger partial charge in [-0.1, -0.05) is 29.8 Å². The van der Waals surface area contributed by atoms with Gasteiger partial charge in [-0.15, -0.1) is 0 Å². The van der Waals surface area contributed by atoms with E-state index in [4.69, 9.17) is 16.0 Å². The summed E-state index contributed by atoms with van der Waals surface area (Å²) in [6.45, 7) is 2.01. The summed E-state index contributed by atoms with van der Waals surface area (Å²) < 4.78 is 33.0. The van der Waals surface area contributed by atoms with E-state index in [0.29, 0.717) is 5.76 Å². The topological polar surface area (TPSA) is 88.4 Å². The number of para-hydroxylation sites is 1. The van der Waals surface area contributed by atoms with E-state index in [1.807, 2.05) is 6.92 Å². The van der Waals surface area contributed by atoms with Crippen LogP contribution in [0.5, 0.6) is 0 Å². The van der Waals surface area contributed by atoms with Crippen LogP contribution in [0, 0.1) is 6.92 Å². The number of aryl methyl sites for hydroxylation is 1. The van der Waals surface area contributed by atoms with Crippen LogP contribution in [-0.2, 0) is 16.6 Å². The van der Waals surface area contributed by atoms with Gasteiger partial charge in [0, 0.05) is 0 Å². The van der Waals surface area contributed by atoms with Gasteiger partial charge in [0.15, 0.2) is 0 Å². The molecule has 27 heavy (non-hydrogen) atoms. The van der Waals surface area contributed by atoms with Crippen LogP contribution < -0.4 is 10.0 Å². The average Bonchev–Trinajstić information content (AvgIpc) is 3.13. The summed E-state index contributed by atoms with van der Waals surface area (Å²) in [5, 5.41) is 2.81. The lowest BCUT2D eigenvalue weighted by Crippen LogP contribution is -2.24. The Morgan fingerprint density at radius 3 is 2.59 bits per heavy atom. The number of hydrogen-bond acceptors (Lipinski definition) is 4. The van der Waals surface area contributed by atoms with Crippen molar-refractivity contribution >= 4 is 33.2 Å². The standard InChI is InChI=1S/C19H17ClN2O4S/c1-13-8-9-18(16(20)11-13)27(24,25)22-17-7-3-2-6-15(17)19(23)21-12-14-5-4-10-26-14/h2-11,22H,12H2,1H3,(H,21,23). The van der Waals surface area contributed by atoms with E-state index in [-0.39, 0.29) is 27.7 Å². The molecule has 1 aromatic heterocycles. The number of carbonyl (C=O) groups is 1. The van der Waals surface area contributed by atoms with E-state index in [0.717, 1.165) is 5.56 Å². The van der Waals surface area contributed by atoms with Crippen molar-refractivity contribution in [1.29, 1.82) is 0 Å². The molecule has 0 spiro atoms. The lowest BCUT2D eigenvalue weighted by Gasteiger charge is -2.13. The number of anilines is 1. The van der Waals surface area contributed by atoms with Gasteiger partial charge in [0.1, 0.15) is 10.7 Å². The number of amides is 1. The van der Waals surface area contributed by atoms with E-state index in [1.54, 1.807) is 36.4 Å². The summed E-state index contributed by atoms with van der Waals surface area (Å²) in [6, 6.07) is 14.4. The Bertz CT molecular complexity index is 1060. The van der Waals surface area contributed by atoms with Crippen LogP contribution in [0.4, 0.5) is 5.69 Å². The third-order valence-electron chi connectivity index (χ3n) is 3.80. The van der Waals surface area contributed by atoms with Gasteiger partial charge in [-0.2, -0.15) is 0 Å². The minimum absolute atomic E-state index is 0.0550. The minimum Gasteiger partial charge on any atom is -0.467 e. The van der Waals surface area contributed by atoms with Crippen molar-refractivity contribution in [2.45, 2.75) is 18.4 Å². The average molecular weight is 405 g/mol. The molecular formula is C19H17ClN2O4S. The van der Waals surface area contributed by atoms with Crippen molar-refractivity contribution < 1.29 is 17.6 Å². The van der Waals surface area contributed by atoms with Crippen molar-refractivity contribution in [3.8, 4) is 0 Å². The van der Waals surface area contributed by atoms with Crippen LogP contribution in [0.15, 0.2) is 70.2 Å². The highest BCUT2D eigenvalue weighted by molar-refractivity contribution is 7.92. The SMILES string of the molecule is Cc1ccc(S(=O)(=O)Nc2ccccc2C(=O)NCc2ccco2)c(Cl)c1. The highest BCUT2D eigenvalue weighted by atomic mass is 35.5. The van der Waals surface area contributed by atoms with Crippen LogP contribution in [0.25, 0.3) is 0 Å².